The Balaban J connectivity index is 2.04. The number of hydrogen-bond donors (Lipinski definition) is 1. The number of nitrogens with one attached hydrogen (secondary N) is 1. The first-order valence-electron chi connectivity index (χ1n) is 6.74. The number of benzene rings is 2. The van der Waals surface area contributed by atoms with Crippen LogP contribution in [-0.4, -0.2) is 13.7 Å². The van der Waals surface area contributed by atoms with E-state index in [1.54, 1.807) is 19.2 Å². The van der Waals surface area contributed by atoms with Crippen LogP contribution in [0.15, 0.2) is 54.6 Å². The highest BCUT2D eigenvalue weighted by Gasteiger charge is 2.30. The largest absolute Gasteiger partial charge is 0.493 e. The van der Waals surface area contributed by atoms with E-state index < -0.39 is 5.54 Å². The van der Waals surface area contributed by atoms with Crippen molar-refractivity contribution in [3.63, 3.8) is 0 Å². The highest BCUT2D eigenvalue weighted by atomic mass is 19.1. The van der Waals surface area contributed by atoms with Gasteiger partial charge >= 0.3 is 0 Å². The summed E-state index contributed by atoms with van der Waals surface area (Å²) in [5.41, 5.74) is 0.110. The van der Waals surface area contributed by atoms with Crippen LogP contribution in [0.2, 0.25) is 0 Å². The van der Waals surface area contributed by atoms with E-state index in [9.17, 15) is 9.65 Å². The second-order valence-electron chi connectivity index (χ2n) is 4.69. The van der Waals surface area contributed by atoms with Crippen LogP contribution < -0.4 is 10.1 Å². The first-order valence-corrected chi connectivity index (χ1v) is 6.74. The quantitative estimate of drug-likeness (QED) is 0.885. The minimum absolute atomic E-state index is 0.298. The summed E-state index contributed by atoms with van der Waals surface area (Å²) in [6.07, 6.45) is 0.487. The number of nitrogens with zero attached hydrogens (tertiary/aromatic N) is 1. The van der Waals surface area contributed by atoms with Gasteiger partial charge in [0.05, 0.1) is 12.7 Å². The number of halogens is 1. The second kappa shape index (κ2) is 6.87. The topological polar surface area (TPSA) is 45.0 Å². The third-order valence-electron chi connectivity index (χ3n) is 3.44. The van der Waals surface area contributed by atoms with Crippen LogP contribution >= 0.6 is 0 Å². The van der Waals surface area contributed by atoms with Crippen molar-refractivity contribution in [3.8, 4) is 11.8 Å². The molecule has 0 fully saturated rings. The van der Waals surface area contributed by atoms with Crippen molar-refractivity contribution >= 4 is 0 Å². The lowest BCUT2D eigenvalue weighted by atomic mass is 9.88. The molecule has 0 saturated carbocycles. The van der Waals surface area contributed by atoms with Crippen LogP contribution in [0.3, 0.4) is 0 Å². The molecule has 0 bridgehead atoms. The molecule has 0 amide bonds. The van der Waals surface area contributed by atoms with Crippen molar-refractivity contribution in [2.24, 2.45) is 0 Å². The molecule has 0 heterocycles. The van der Waals surface area contributed by atoms with E-state index in [4.69, 9.17) is 4.74 Å². The molecule has 2 aromatic rings. The molecule has 0 aliphatic carbocycles. The Morgan fingerprint density at radius 3 is 2.38 bits per heavy atom. The monoisotopic (exact) mass is 284 g/mol. The molecule has 1 atom stereocenters. The van der Waals surface area contributed by atoms with Crippen LogP contribution in [0.25, 0.3) is 0 Å². The van der Waals surface area contributed by atoms with Gasteiger partial charge in [0.2, 0.25) is 0 Å². The predicted molar refractivity (Wildman–Crippen MR) is 79.3 cm³/mol. The summed E-state index contributed by atoms with van der Waals surface area (Å²) in [6, 6.07) is 17.7. The fourth-order valence-corrected chi connectivity index (χ4v) is 2.17. The summed E-state index contributed by atoms with van der Waals surface area (Å²) < 4.78 is 18.4. The van der Waals surface area contributed by atoms with E-state index in [1.165, 1.54) is 12.1 Å². The highest BCUT2D eigenvalue weighted by Crippen LogP contribution is 2.24. The second-order valence-corrected chi connectivity index (χ2v) is 4.69. The van der Waals surface area contributed by atoms with E-state index in [0.29, 0.717) is 18.8 Å². The van der Waals surface area contributed by atoms with Crippen LogP contribution in [0, 0.1) is 17.1 Å². The van der Waals surface area contributed by atoms with Crippen molar-refractivity contribution in [1.82, 2.24) is 5.32 Å². The van der Waals surface area contributed by atoms with Gasteiger partial charge in [-0.25, -0.2) is 4.39 Å². The molecule has 0 aromatic heterocycles. The Bertz CT molecular complexity index is 607. The normalized spacial score (nSPS) is 13.2. The maximum atomic E-state index is 12.8. The van der Waals surface area contributed by atoms with Gasteiger partial charge in [-0.05, 0) is 36.9 Å². The lowest BCUT2D eigenvalue weighted by molar-refractivity contribution is 0.265. The van der Waals surface area contributed by atoms with Gasteiger partial charge in [-0.15, -0.1) is 0 Å². The zero-order valence-corrected chi connectivity index (χ0v) is 11.8. The van der Waals surface area contributed by atoms with E-state index in [2.05, 4.69) is 11.4 Å². The van der Waals surface area contributed by atoms with Crippen molar-refractivity contribution in [2.75, 3.05) is 13.7 Å². The van der Waals surface area contributed by atoms with Crippen molar-refractivity contribution in [2.45, 2.75) is 12.0 Å². The first-order chi connectivity index (χ1) is 10.2. The molecule has 108 valence electrons. The van der Waals surface area contributed by atoms with Gasteiger partial charge in [-0.2, -0.15) is 5.26 Å². The average molecular weight is 284 g/mol. The van der Waals surface area contributed by atoms with Gasteiger partial charge in [0, 0.05) is 6.42 Å². The Labute approximate surface area is 124 Å². The summed E-state index contributed by atoms with van der Waals surface area (Å²) in [7, 11) is 1.76. The maximum Gasteiger partial charge on any atom is 0.135 e. The Kier molecular flexibility index (Phi) is 4.91. The summed E-state index contributed by atoms with van der Waals surface area (Å²) in [5.74, 6) is 0.292. The molecule has 0 aliphatic heterocycles. The van der Waals surface area contributed by atoms with Gasteiger partial charge in [0.1, 0.15) is 17.1 Å². The zero-order valence-electron chi connectivity index (χ0n) is 11.8. The smallest absolute Gasteiger partial charge is 0.135 e. The summed E-state index contributed by atoms with van der Waals surface area (Å²) in [6.45, 7) is 0.356. The average Bonchev–Trinajstić information content (AvgIpc) is 2.55. The predicted octanol–water partition coefficient (Wildman–Crippen LogP) is 3.23. The van der Waals surface area contributed by atoms with Crippen molar-refractivity contribution in [3.05, 3.63) is 66.0 Å². The summed E-state index contributed by atoms with van der Waals surface area (Å²) >= 11 is 0. The summed E-state index contributed by atoms with van der Waals surface area (Å²) in [5, 5.41) is 12.6. The van der Waals surface area contributed by atoms with Gasteiger partial charge in [-0.3, -0.25) is 5.32 Å². The minimum Gasteiger partial charge on any atom is -0.493 e. The third kappa shape index (κ3) is 3.59. The van der Waals surface area contributed by atoms with Gasteiger partial charge in [-0.1, -0.05) is 30.3 Å². The van der Waals surface area contributed by atoms with Crippen molar-refractivity contribution in [1.29, 1.82) is 5.26 Å². The molecule has 1 unspecified atom stereocenters. The van der Waals surface area contributed by atoms with Crippen LogP contribution in [0.5, 0.6) is 5.75 Å². The molecule has 3 nitrogen and oxygen atoms in total. The van der Waals surface area contributed by atoms with E-state index in [-0.39, 0.29) is 5.82 Å². The lowest BCUT2D eigenvalue weighted by Gasteiger charge is -2.26. The Hall–Kier alpha value is -2.38. The standard InChI is InChI=1S/C17H17FN2O/c1-20-17(13-19,14-5-3-2-4-6-14)11-12-21-16-9-7-15(18)8-10-16/h2-10,20H,11-12H2,1H3. The molecule has 2 aromatic carbocycles. The first kappa shape index (κ1) is 15.0. The molecular weight excluding hydrogens is 267 g/mol. The van der Waals surface area contributed by atoms with Gasteiger partial charge in [0.25, 0.3) is 0 Å². The fraction of sp³-hybridized carbons (Fsp3) is 0.235. The molecule has 0 saturated heterocycles. The van der Waals surface area contributed by atoms with E-state index in [1.807, 2.05) is 30.3 Å². The minimum atomic E-state index is -0.790. The molecule has 1 N–H and O–H groups in total. The molecular formula is C17H17FN2O. The number of rotatable bonds is 6. The Morgan fingerprint density at radius 1 is 1.14 bits per heavy atom. The summed E-state index contributed by atoms with van der Waals surface area (Å²) in [4.78, 5) is 0. The molecule has 0 radical (unpaired) electrons. The molecule has 21 heavy (non-hydrogen) atoms. The van der Waals surface area contributed by atoms with Crippen LogP contribution in [0.4, 0.5) is 4.39 Å². The number of hydrogen-bond acceptors (Lipinski definition) is 3. The molecule has 0 aliphatic rings. The van der Waals surface area contributed by atoms with Gasteiger partial charge in [0.15, 0.2) is 0 Å². The zero-order chi connectivity index (χ0) is 15.1. The van der Waals surface area contributed by atoms with E-state index >= 15 is 0 Å². The molecule has 0 spiro atoms. The molecule has 2 rings (SSSR count). The van der Waals surface area contributed by atoms with Crippen LogP contribution in [-0.2, 0) is 5.54 Å². The van der Waals surface area contributed by atoms with E-state index in [0.717, 1.165) is 5.56 Å². The fourth-order valence-electron chi connectivity index (χ4n) is 2.17. The highest BCUT2D eigenvalue weighted by molar-refractivity contribution is 5.31. The lowest BCUT2D eigenvalue weighted by Crippen LogP contribution is -2.40. The van der Waals surface area contributed by atoms with Crippen LogP contribution in [0.1, 0.15) is 12.0 Å². The molecule has 4 heteroatoms. The number of ether oxygens (including phenoxy) is 1. The Morgan fingerprint density at radius 2 is 1.81 bits per heavy atom. The number of nitriles is 1. The van der Waals surface area contributed by atoms with Crippen molar-refractivity contribution < 1.29 is 9.13 Å². The third-order valence-corrected chi connectivity index (χ3v) is 3.44. The van der Waals surface area contributed by atoms with Gasteiger partial charge < -0.3 is 4.74 Å². The SMILES string of the molecule is CNC(C#N)(CCOc1ccc(F)cc1)c1ccccc1. The maximum absolute atomic E-state index is 12.8.